The molecule has 0 aromatic heterocycles. The molecule has 1 aliphatic carbocycles. The van der Waals surface area contributed by atoms with Crippen molar-refractivity contribution >= 4 is 0 Å². The number of hydrogen-bond acceptors (Lipinski definition) is 2. The van der Waals surface area contributed by atoms with Crippen molar-refractivity contribution in [3.05, 3.63) is 0 Å². The fourth-order valence-corrected chi connectivity index (χ4v) is 2.65. The van der Waals surface area contributed by atoms with E-state index in [1.165, 1.54) is 25.7 Å². The van der Waals surface area contributed by atoms with E-state index in [2.05, 4.69) is 20.8 Å². The van der Waals surface area contributed by atoms with Crippen molar-refractivity contribution < 1.29 is 4.74 Å². The summed E-state index contributed by atoms with van der Waals surface area (Å²) < 4.78 is 5.55. The molecule has 1 rings (SSSR count). The van der Waals surface area contributed by atoms with E-state index in [0.29, 0.717) is 0 Å². The zero-order valence-electron chi connectivity index (χ0n) is 11.3. The first-order valence-electron chi connectivity index (χ1n) is 6.94. The van der Waals surface area contributed by atoms with Crippen LogP contribution >= 0.6 is 0 Å². The molecular formula is C14H29NO. The molecule has 0 atom stereocenters. The molecule has 0 bridgehead atoms. The average Bonchev–Trinajstić information content (AvgIpc) is 2.25. The molecule has 2 N–H and O–H groups in total. The van der Waals surface area contributed by atoms with Gasteiger partial charge in [0.25, 0.3) is 0 Å². The van der Waals surface area contributed by atoms with Crippen molar-refractivity contribution in [1.82, 2.24) is 0 Å². The highest BCUT2D eigenvalue weighted by molar-refractivity contribution is 4.90. The van der Waals surface area contributed by atoms with Gasteiger partial charge >= 0.3 is 0 Å². The maximum Gasteiger partial charge on any atom is 0.0483 e. The van der Waals surface area contributed by atoms with Crippen molar-refractivity contribution in [3.63, 3.8) is 0 Å². The van der Waals surface area contributed by atoms with Crippen LogP contribution in [-0.2, 0) is 4.74 Å². The molecule has 0 aromatic carbocycles. The summed E-state index contributed by atoms with van der Waals surface area (Å²) in [5.74, 6) is 1.72. The second-order valence-corrected chi connectivity index (χ2v) is 5.81. The maximum absolute atomic E-state index is 6.42. The maximum atomic E-state index is 6.42. The van der Waals surface area contributed by atoms with E-state index in [9.17, 15) is 0 Å². The van der Waals surface area contributed by atoms with Gasteiger partial charge in [-0.1, -0.05) is 20.8 Å². The Morgan fingerprint density at radius 2 is 1.88 bits per heavy atom. The molecule has 0 aliphatic heterocycles. The zero-order valence-corrected chi connectivity index (χ0v) is 11.3. The van der Waals surface area contributed by atoms with Crippen LogP contribution in [0.5, 0.6) is 0 Å². The third-order valence-electron chi connectivity index (χ3n) is 4.06. The van der Waals surface area contributed by atoms with Crippen molar-refractivity contribution in [2.45, 2.75) is 64.8 Å². The monoisotopic (exact) mass is 227 g/mol. The van der Waals surface area contributed by atoms with Gasteiger partial charge in [0, 0.05) is 18.8 Å². The Kier molecular flexibility index (Phi) is 5.77. The van der Waals surface area contributed by atoms with Crippen molar-refractivity contribution in [2.75, 3.05) is 13.2 Å². The third kappa shape index (κ3) is 4.42. The molecule has 1 aliphatic rings. The van der Waals surface area contributed by atoms with Gasteiger partial charge in [-0.05, 0) is 50.4 Å². The molecule has 16 heavy (non-hydrogen) atoms. The van der Waals surface area contributed by atoms with Gasteiger partial charge in [0.1, 0.15) is 0 Å². The minimum atomic E-state index is 0.0686. The molecule has 1 saturated carbocycles. The van der Waals surface area contributed by atoms with E-state index in [0.717, 1.165) is 37.9 Å². The molecule has 0 saturated heterocycles. The van der Waals surface area contributed by atoms with Crippen LogP contribution in [-0.4, -0.2) is 18.8 Å². The highest BCUT2D eigenvalue weighted by atomic mass is 16.5. The first-order chi connectivity index (χ1) is 7.57. The van der Waals surface area contributed by atoms with Gasteiger partial charge in [0.2, 0.25) is 0 Å². The minimum absolute atomic E-state index is 0.0686. The Balaban J connectivity index is 2.21. The van der Waals surface area contributed by atoms with E-state index in [1.54, 1.807) is 0 Å². The second-order valence-electron chi connectivity index (χ2n) is 5.81. The first kappa shape index (κ1) is 14.0. The van der Waals surface area contributed by atoms with Crippen LogP contribution in [0.2, 0.25) is 0 Å². The van der Waals surface area contributed by atoms with Gasteiger partial charge in [-0.15, -0.1) is 0 Å². The van der Waals surface area contributed by atoms with Crippen LogP contribution in [0.25, 0.3) is 0 Å². The van der Waals surface area contributed by atoms with Crippen LogP contribution in [0.15, 0.2) is 0 Å². The summed E-state index contributed by atoms with van der Waals surface area (Å²) in [6.45, 7) is 8.53. The molecule has 0 heterocycles. The normalized spacial score (nSPS) is 30.9. The smallest absolute Gasteiger partial charge is 0.0483 e. The zero-order chi connectivity index (χ0) is 12.0. The molecule has 0 spiro atoms. The minimum Gasteiger partial charge on any atom is -0.381 e. The van der Waals surface area contributed by atoms with Gasteiger partial charge in [0.05, 0.1) is 0 Å². The quantitative estimate of drug-likeness (QED) is 0.706. The van der Waals surface area contributed by atoms with E-state index in [1.807, 2.05) is 0 Å². The Labute approximate surface area is 101 Å². The summed E-state index contributed by atoms with van der Waals surface area (Å²) in [4.78, 5) is 0. The molecule has 2 nitrogen and oxygen atoms in total. The van der Waals surface area contributed by atoms with Crippen molar-refractivity contribution in [3.8, 4) is 0 Å². The Morgan fingerprint density at radius 3 is 2.38 bits per heavy atom. The Hall–Kier alpha value is -0.0800. The Bertz CT molecular complexity index is 183. The SMILES string of the molecule is CCCOCCC1(N)CCC(C(C)C)CC1. The number of hydrogen-bond donors (Lipinski definition) is 1. The van der Waals surface area contributed by atoms with Crippen LogP contribution in [0.4, 0.5) is 0 Å². The predicted molar refractivity (Wildman–Crippen MR) is 69.4 cm³/mol. The fraction of sp³-hybridized carbons (Fsp3) is 1.00. The largest absolute Gasteiger partial charge is 0.381 e. The van der Waals surface area contributed by atoms with Crippen molar-refractivity contribution in [2.24, 2.45) is 17.6 Å². The van der Waals surface area contributed by atoms with E-state index >= 15 is 0 Å². The molecule has 0 radical (unpaired) electrons. The topological polar surface area (TPSA) is 35.2 Å². The standard InChI is InChI=1S/C14H29NO/c1-4-10-16-11-9-14(15)7-5-13(6-8-14)12(2)3/h12-13H,4-11,15H2,1-3H3. The lowest BCUT2D eigenvalue weighted by Crippen LogP contribution is -2.44. The van der Waals surface area contributed by atoms with Gasteiger partial charge in [0.15, 0.2) is 0 Å². The van der Waals surface area contributed by atoms with Gasteiger partial charge in [-0.3, -0.25) is 0 Å². The lowest BCUT2D eigenvalue weighted by Gasteiger charge is -2.38. The molecule has 96 valence electrons. The molecule has 0 aromatic rings. The highest BCUT2D eigenvalue weighted by Gasteiger charge is 2.32. The predicted octanol–water partition coefficient (Wildman–Crippen LogP) is 3.35. The summed E-state index contributed by atoms with van der Waals surface area (Å²) in [6.07, 6.45) is 7.13. The number of rotatable bonds is 6. The summed E-state index contributed by atoms with van der Waals surface area (Å²) in [5, 5.41) is 0. The molecule has 2 heteroatoms. The molecular weight excluding hydrogens is 198 g/mol. The van der Waals surface area contributed by atoms with Crippen LogP contribution in [0, 0.1) is 11.8 Å². The third-order valence-corrected chi connectivity index (χ3v) is 4.06. The first-order valence-corrected chi connectivity index (χ1v) is 6.94. The van der Waals surface area contributed by atoms with E-state index in [4.69, 9.17) is 10.5 Å². The van der Waals surface area contributed by atoms with Gasteiger partial charge in [-0.2, -0.15) is 0 Å². The molecule has 0 unspecified atom stereocenters. The van der Waals surface area contributed by atoms with Crippen molar-refractivity contribution in [1.29, 1.82) is 0 Å². The summed E-state index contributed by atoms with van der Waals surface area (Å²) in [6, 6.07) is 0. The fourth-order valence-electron chi connectivity index (χ4n) is 2.65. The Morgan fingerprint density at radius 1 is 1.25 bits per heavy atom. The summed E-state index contributed by atoms with van der Waals surface area (Å²) in [7, 11) is 0. The molecule has 0 amide bonds. The van der Waals surface area contributed by atoms with Crippen LogP contribution in [0.1, 0.15) is 59.3 Å². The highest BCUT2D eigenvalue weighted by Crippen LogP contribution is 2.36. The lowest BCUT2D eigenvalue weighted by molar-refractivity contribution is 0.0955. The van der Waals surface area contributed by atoms with E-state index < -0.39 is 0 Å². The lowest BCUT2D eigenvalue weighted by atomic mass is 9.72. The van der Waals surface area contributed by atoms with Gasteiger partial charge < -0.3 is 10.5 Å². The summed E-state index contributed by atoms with van der Waals surface area (Å²) in [5.41, 5.74) is 6.49. The average molecular weight is 227 g/mol. The number of nitrogens with two attached hydrogens (primary N) is 1. The number of ether oxygens (including phenoxy) is 1. The van der Waals surface area contributed by atoms with Crippen LogP contribution in [0.3, 0.4) is 0 Å². The molecule has 1 fully saturated rings. The summed E-state index contributed by atoms with van der Waals surface area (Å²) >= 11 is 0. The van der Waals surface area contributed by atoms with Gasteiger partial charge in [-0.25, -0.2) is 0 Å². The van der Waals surface area contributed by atoms with E-state index in [-0.39, 0.29) is 5.54 Å². The van der Waals surface area contributed by atoms with Crippen LogP contribution < -0.4 is 5.73 Å². The second kappa shape index (κ2) is 6.61.